The van der Waals surface area contributed by atoms with Gasteiger partial charge in [0.1, 0.15) is 17.2 Å². The number of thiophene rings is 1. The average Bonchev–Trinajstić information content (AvgIpc) is 3.37. The van der Waals surface area contributed by atoms with Crippen molar-refractivity contribution in [1.82, 2.24) is 15.1 Å². The molecule has 3 heterocycles. The molecule has 2 atom stereocenters. The van der Waals surface area contributed by atoms with Crippen LogP contribution in [0.1, 0.15) is 44.5 Å². The lowest BCUT2D eigenvalue weighted by molar-refractivity contribution is -0.124. The minimum absolute atomic E-state index is 0.0468. The Kier molecular flexibility index (Phi) is 8.37. The van der Waals surface area contributed by atoms with Crippen molar-refractivity contribution in [3.63, 3.8) is 0 Å². The van der Waals surface area contributed by atoms with Crippen LogP contribution in [0.4, 0.5) is 0 Å². The van der Waals surface area contributed by atoms with E-state index in [0.717, 1.165) is 11.1 Å². The molecule has 1 aromatic heterocycles. The quantitative estimate of drug-likeness (QED) is 0.512. The monoisotopic (exact) mass is 563 g/mol. The zero-order chi connectivity index (χ0) is 28.2. The molecule has 2 aliphatic heterocycles. The normalized spacial score (nSPS) is 19.9. The first kappa shape index (κ1) is 27.7. The predicted molar refractivity (Wildman–Crippen MR) is 151 cm³/mol. The number of likely N-dealkylation sites (N-methyl/N-ethyl adjacent to an activating group) is 1. The Bertz CT molecular complexity index is 1410. The van der Waals surface area contributed by atoms with Crippen molar-refractivity contribution in [1.29, 1.82) is 0 Å². The number of aryl methyl sites for hydroxylation is 1. The number of amides is 3. The second-order valence-corrected chi connectivity index (χ2v) is 10.9. The molecule has 0 radical (unpaired) electrons. The highest BCUT2D eigenvalue weighted by Crippen LogP contribution is 2.30. The predicted octanol–water partition coefficient (Wildman–Crippen LogP) is 4.25. The maximum atomic E-state index is 13.3. The molecule has 0 unspecified atom stereocenters. The van der Waals surface area contributed by atoms with Crippen LogP contribution in [-0.4, -0.2) is 73.0 Å². The lowest BCUT2D eigenvalue weighted by Crippen LogP contribution is -2.58. The summed E-state index contributed by atoms with van der Waals surface area (Å²) in [5, 5.41) is 4.95. The van der Waals surface area contributed by atoms with Crippen LogP contribution in [0.15, 0.2) is 53.9 Å². The van der Waals surface area contributed by atoms with E-state index in [4.69, 9.17) is 14.2 Å². The van der Waals surface area contributed by atoms with E-state index in [1.807, 2.05) is 49.6 Å². The summed E-state index contributed by atoms with van der Waals surface area (Å²) in [7, 11) is 1.58. The van der Waals surface area contributed by atoms with Crippen LogP contribution in [0, 0.1) is 6.92 Å². The third kappa shape index (κ3) is 6.29. The number of piperidine rings is 1. The number of nitrogens with one attached hydrogen (secondary N) is 1. The number of hydrogen-bond acceptors (Lipinski definition) is 7. The molecule has 1 fully saturated rings. The van der Waals surface area contributed by atoms with Crippen molar-refractivity contribution >= 4 is 29.1 Å². The molecule has 9 nitrogen and oxygen atoms in total. The summed E-state index contributed by atoms with van der Waals surface area (Å²) in [5.41, 5.74) is 2.19. The number of ether oxygens (including phenoxy) is 3. The van der Waals surface area contributed by atoms with E-state index in [2.05, 4.69) is 5.32 Å². The van der Waals surface area contributed by atoms with Gasteiger partial charge in [-0.15, -0.1) is 11.3 Å². The van der Waals surface area contributed by atoms with E-state index in [0.29, 0.717) is 60.4 Å². The molecule has 210 valence electrons. The number of benzene rings is 2. The fourth-order valence-corrected chi connectivity index (χ4v) is 5.88. The molecule has 0 aliphatic carbocycles. The van der Waals surface area contributed by atoms with E-state index in [1.165, 1.54) is 16.2 Å². The van der Waals surface area contributed by atoms with Gasteiger partial charge in [-0.2, -0.15) is 0 Å². The van der Waals surface area contributed by atoms with Gasteiger partial charge in [0.25, 0.3) is 11.8 Å². The Morgan fingerprint density at radius 3 is 2.77 bits per heavy atom. The standard InChI is InChI=1S/C30H33N3O6S/c1-4-37-23-13-21-14-24(15-23)39-22-7-5-6-20(12-22)18-38-26-8-10-33(30(36)28-19(2)9-11-40-28)16-25(26)31-27(34)17-32(3)29(21)35/h5-7,9,11-15,25-26H,4,8,10,16-18H2,1-3H3,(H,31,34)/t25-,26+/m0/s1. The molecule has 2 aliphatic rings. The van der Waals surface area contributed by atoms with E-state index >= 15 is 0 Å². The van der Waals surface area contributed by atoms with Crippen LogP contribution < -0.4 is 14.8 Å². The molecule has 2 aromatic carbocycles. The molecule has 0 spiro atoms. The van der Waals surface area contributed by atoms with Gasteiger partial charge in [-0.3, -0.25) is 14.4 Å². The van der Waals surface area contributed by atoms with Crippen molar-refractivity contribution in [2.24, 2.45) is 0 Å². The number of carbonyl (C=O) groups is 3. The van der Waals surface area contributed by atoms with E-state index in [-0.39, 0.29) is 30.4 Å². The van der Waals surface area contributed by atoms with Gasteiger partial charge in [0, 0.05) is 31.8 Å². The Morgan fingerprint density at radius 1 is 1.15 bits per heavy atom. The molecular formula is C30H33N3O6S. The van der Waals surface area contributed by atoms with E-state index < -0.39 is 6.04 Å². The fourth-order valence-electron chi connectivity index (χ4n) is 4.99. The van der Waals surface area contributed by atoms with E-state index in [1.54, 1.807) is 30.1 Å². The maximum Gasteiger partial charge on any atom is 0.264 e. The van der Waals surface area contributed by atoms with E-state index in [9.17, 15) is 14.4 Å². The second-order valence-electron chi connectivity index (χ2n) is 10.0. The van der Waals surface area contributed by atoms with Crippen LogP contribution in [0.2, 0.25) is 0 Å². The number of likely N-dealkylation sites (tertiary alicyclic amines) is 1. The largest absolute Gasteiger partial charge is 0.494 e. The summed E-state index contributed by atoms with van der Waals surface area (Å²) in [4.78, 5) is 43.6. The highest BCUT2D eigenvalue weighted by Gasteiger charge is 2.34. The fraction of sp³-hybridized carbons (Fsp3) is 0.367. The zero-order valence-corrected chi connectivity index (χ0v) is 23.7. The number of nitrogens with zero attached hydrogens (tertiary/aromatic N) is 2. The Morgan fingerprint density at radius 2 is 2.00 bits per heavy atom. The molecule has 3 amide bonds. The lowest BCUT2D eigenvalue weighted by atomic mass is 10.0. The summed E-state index contributed by atoms with van der Waals surface area (Å²) in [6, 6.07) is 14.1. The number of rotatable bonds is 3. The molecule has 1 saturated heterocycles. The third-order valence-electron chi connectivity index (χ3n) is 7.00. The van der Waals surface area contributed by atoms with Gasteiger partial charge in [0.2, 0.25) is 5.91 Å². The van der Waals surface area contributed by atoms with Gasteiger partial charge in [0.15, 0.2) is 0 Å². The first-order valence-electron chi connectivity index (χ1n) is 13.3. The molecule has 1 N–H and O–H groups in total. The number of hydrogen-bond donors (Lipinski definition) is 1. The highest BCUT2D eigenvalue weighted by molar-refractivity contribution is 7.12. The topological polar surface area (TPSA) is 97.4 Å². The highest BCUT2D eigenvalue weighted by atomic mass is 32.1. The average molecular weight is 564 g/mol. The van der Waals surface area contributed by atoms with Gasteiger partial charge < -0.3 is 29.3 Å². The van der Waals surface area contributed by atoms with Crippen LogP contribution in [0.25, 0.3) is 0 Å². The Hall–Kier alpha value is -3.89. The molecule has 0 saturated carbocycles. The summed E-state index contributed by atoms with van der Waals surface area (Å²) >= 11 is 1.42. The van der Waals surface area contributed by atoms with Gasteiger partial charge in [-0.1, -0.05) is 12.1 Å². The minimum atomic E-state index is -0.436. The third-order valence-corrected chi connectivity index (χ3v) is 8.01. The maximum absolute atomic E-state index is 13.3. The minimum Gasteiger partial charge on any atom is -0.494 e. The first-order chi connectivity index (χ1) is 19.3. The summed E-state index contributed by atoms with van der Waals surface area (Å²) in [5.74, 6) is 0.832. The van der Waals surface area contributed by atoms with Gasteiger partial charge in [-0.05, 0) is 67.1 Å². The van der Waals surface area contributed by atoms with Gasteiger partial charge in [0.05, 0.1) is 36.8 Å². The Balaban J connectivity index is 1.43. The molecule has 10 heteroatoms. The first-order valence-corrected chi connectivity index (χ1v) is 14.2. The summed E-state index contributed by atoms with van der Waals surface area (Å²) in [6.07, 6.45) is 0.258. The number of fused-ring (bicyclic) bond motifs is 5. The van der Waals surface area contributed by atoms with Crippen LogP contribution >= 0.6 is 11.3 Å². The Labute approximate surface area is 237 Å². The van der Waals surface area contributed by atoms with Crippen LogP contribution in [0.5, 0.6) is 17.2 Å². The molecule has 3 aromatic rings. The van der Waals surface area contributed by atoms with Crippen molar-refractivity contribution in [2.75, 3.05) is 33.3 Å². The second kappa shape index (κ2) is 12.1. The van der Waals surface area contributed by atoms with Crippen LogP contribution in [0.3, 0.4) is 0 Å². The van der Waals surface area contributed by atoms with Crippen molar-refractivity contribution in [2.45, 2.75) is 39.0 Å². The lowest BCUT2D eigenvalue weighted by Gasteiger charge is -2.39. The molecule has 4 bridgehead atoms. The van der Waals surface area contributed by atoms with Crippen molar-refractivity contribution < 1.29 is 28.6 Å². The smallest absolute Gasteiger partial charge is 0.264 e. The SMILES string of the molecule is CCOc1cc2cc(c1)C(=O)N(C)CC(=O)N[C@H]1CN(C(=O)c3sccc3C)CC[C@H]1OCc1cccc(c1)O2. The van der Waals surface area contributed by atoms with Crippen molar-refractivity contribution in [3.8, 4) is 17.2 Å². The zero-order valence-electron chi connectivity index (χ0n) is 22.8. The molecule has 40 heavy (non-hydrogen) atoms. The van der Waals surface area contributed by atoms with Gasteiger partial charge >= 0.3 is 0 Å². The van der Waals surface area contributed by atoms with Crippen molar-refractivity contribution in [3.05, 3.63) is 75.5 Å². The summed E-state index contributed by atoms with van der Waals surface area (Å²) in [6.45, 7) is 5.20. The van der Waals surface area contributed by atoms with Crippen LogP contribution in [-0.2, 0) is 16.1 Å². The molecule has 5 rings (SSSR count). The van der Waals surface area contributed by atoms with Gasteiger partial charge in [-0.25, -0.2) is 0 Å². The number of carbonyl (C=O) groups excluding carboxylic acids is 3. The molecular weight excluding hydrogens is 530 g/mol. The summed E-state index contributed by atoms with van der Waals surface area (Å²) < 4.78 is 18.1.